The van der Waals surface area contributed by atoms with Crippen LogP contribution in [0.25, 0.3) is 0 Å². The van der Waals surface area contributed by atoms with E-state index in [0.29, 0.717) is 23.5 Å². The molecule has 5 N–H and O–H groups in total. The lowest BCUT2D eigenvalue weighted by Gasteiger charge is -2.35. The SMILES string of the molecule is C=C/C(=C(/CC(=O)NO[Si](C)(C)C(C)(C)C)N(N)C/C=C(\CC)OCCNC(=O)OC(C)(C)C)[C@H](C)NC(C)=O. The first-order chi connectivity index (χ1) is 18.2. The summed E-state index contributed by atoms with van der Waals surface area (Å²) in [5.74, 6) is 6.53. The Bertz CT molecular complexity index is 934. The normalized spacial score (nSPS) is 13.9. The van der Waals surface area contributed by atoms with Crippen molar-refractivity contribution in [3.8, 4) is 0 Å². The number of rotatable bonds is 15. The molecule has 12 heteroatoms. The molecule has 11 nitrogen and oxygen atoms in total. The van der Waals surface area contributed by atoms with E-state index >= 15 is 0 Å². The van der Waals surface area contributed by atoms with Gasteiger partial charge in [0, 0.05) is 19.0 Å². The lowest BCUT2D eigenvalue weighted by molar-refractivity contribution is -0.127. The highest BCUT2D eigenvalue weighted by Crippen LogP contribution is 2.35. The fourth-order valence-electron chi connectivity index (χ4n) is 3.09. The van der Waals surface area contributed by atoms with E-state index in [9.17, 15) is 14.4 Å². The van der Waals surface area contributed by atoms with E-state index in [1.54, 1.807) is 39.8 Å². The predicted octanol–water partition coefficient (Wildman–Crippen LogP) is 4.41. The molecule has 230 valence electrons. The first-order valence-corrected chi connectivity index (χ1v) is 16.5. The Morgan fingerprint density at radius 1 is 1.12 bits per heavy atom. The van der Waals surface area contributed by atoms with Gasteiger partial charge in [0.1, 0.15) is 12.2 Å². The van der Waals surface area contributed by atoms with E-state index in [2.05, 4.69) is 43.5 Å². The van der Waals surface area contributed by atoms with Gasteiger partial charge in [0.05, 0.1) is 31.3 Å². The van der Waals surface area contributed by atoms with Gasteiger partial charge in [0.2, 0.25) is 20.1 Å². The van der Waals surface area contributed by atoms with Gasteiger partial charge in [-0.3, -0.25) is 9.59 Å². The Morgan fingerprint density at radius 3 is 2.20 bits per heavy atom. The second-order valence-electron chi connectivity index (χ2n) is 12.0. The molecule has 3 amide bonds. The van der Waals surface area contributed by atoms with Gasteiger partial charge in [-0.05, 0) is 57.5 Å². The van der Waals surface area contributed by atoms with Crippen LogP contribution in [-0.4, -0.2) is 62.6 Å². The summed E-state index contributed by atoms with van der Waals surface area (Å²) in [5.41, 5.74) is 3.11. The second-order valence-corrected chi connectivity index (χ2v) is 16.8. The molecule has 0 aliphatic carbocycles. The first kappa shape index (κ1) is 37.2. The Hall–Kier alpha value is -2.83. The zero-order valence-electron chi connectivity index (χ0n) is 26.4. The average Bonchev–Trinajstić information content (AvgIpc) is 2.79. The molecule has 0 unspecified atom stereocenters. The molecule has 40 heavy (non-hydrogen) atoms. The summed E-state index contributed by atoms with van der Waals surface area (Å²) in [5, 5.41) is 6.81. The number of nitrogens with two attached hydrogens (primary N) is 1. The van der Waals surface area contributed by atoms with Crippen molar-refractivity contribution in [1.29, 1.82) is 0 Å². The van der Waals surface area contributed by atoms with Crippen LogP contribution in [0, 0.1) is 0 Å². The smallest absolute Gasteiger partial charge is 0.407 e. The molecule has 0 radical (unpaired) electrons. The van der Waals surface area contributed by atoms with E-state index in [1.807, 2.05) is 20.0 Å². The summed E-state index contributed by atoms with van der Waals surface area (Å²) >= 11 is 0. The van der Waals surface area contributed by atoms with E-state index < -0.39 is 26.1 Å². The fourth-order valence-corrected chi connectivity index (χ4v) is 3.76. The molecule has 0 saturated carbocycles. The van der Waals surface area contributed by atoms with Gasteiger partial charge in [-0.1, -0.05) is 40.3 Å². The van der Waals surface area contributed by atoms with E-state index in [0.717, 1.165) is 0 Å². The van der Waals surface area contributed by atoms with Crippen LogP contribution in [0.1, 0.15) is 75.2 Å². The monoisotopic (exact) mass is 583 g/mol. The molecule has 0 aliphatic rings. The number of nitrogens with zero attached hydrogens (tertiary/aromatic N) is 1. The van der Waals surface area contributed by atoms with Gasteiger partial charge in [0.15, 0.2) is 0 Å². The van der Waals surface area contributed by atoms with Crippen molar-refractivity contribution in [2.24, 2.45) is 5.84 Å². The van der Waals surface area contributed by atoms with Crippen LogP contribution in [0.4, 0.5) is 4.79 Å². The lowest BCUT2D eigenvalue weighted by atomic mass is 10.0. The largest absolute Gasteiger partial charge is 0.496 e. The van der Waals surface area contributed by atoms with Gasteiger partial charge in [-0.25, -0.2) is 16.1 Å². The summed E-state index contributed by atoms with van der Waals surface area (Å²) in [6.07, 6.45) is 3.38. The van der Waals surface area contributed by atoms with Crippen LogP contribution < -0.4 is 22.0 Å². The molecular formula is C28H53N5O6Si. The molecule has 0 aromatic carbocycles. The molecule has 0 aromatic heterocycles. The third kappa shape index (κ3) is 14.5. The number of hydrazine groups is 1. The molecule has 0 rings (SSSR count). The van der Waals surface area contributed by atoms with Crippen molar-refractivity contribution >= 4 is 26.2 Å². The molecule has 0 bridgehead atoms. The Kier molecular flexibility index (Phi) is 15.3. The van der Waals surface area contributed by atoms with E-state index in [-0.39, 0.29) is 43.0 Å². The van der Waals surface area contributed by atoms with Crippen molar-refractivity contribution in [1.82, 2.24) is 21.1 Å². The third-order valence-corrected chi connectivity index (χ3v) is 10.5. The molecule has 0 fully saturated rings. The highest BCUT2D eigenvalue weighted by atomic mass is 28.4. The zero-order valence-corrected chi connectivity index (χ0v) is 27.4. The van der Waals surface area contributed by atoms with Crippen molar-refractivity contribution in [2.45, 2.75) is 105 Å². The fraction of sp³-hybridized carbons (Fsp3) is 0.679. The van der Waals surface area contributed by atoms with Crippen LogP contribution in [0.3, 0.4) is 0 Å². The zero-order chi connectivity index (χ0) is 31.3. The standard InChI is InChI=1S/C28H53N5O6Si/c1-13-22(37-18-16-30-26(36)38-27(5,6)7)15-17-33(29)24(23(14-2)20(3)31-21(4)34)19-25(35)32-39-40(11,12)28(8,9)10/h14-15,20H,2,13,16-19,29H2,1,3-12H3,(H,30,36)(H,31,34)(H,32,35)/b22-15+,24-23+/t20-/m0/s1. The summed E-state index contributed by atoms with van der Waals surface area (Å²) in [4.78, 5) is 36.5. The number of hydrogen-bond donors (Lipinski definition) is 4. The number of ether oxygens (including phenoxy) is 2. The Morgan fingerprint density at radius 2 is 1.73 bits per heavy atom. The van der Waals surface area contributed by atoms with Crippen LogP contribution >= 0.6 is 0 Å². The maximum absolute atomic E-state index is 13.0. The van der Waals surface area contributed by atoms with Gasteiger partial charge in [-0.2, -0.15) is 0 Å². The van der Waals surface area contributed by atoms with Gasteiger partial charge in [-0.15, -0.1) is 0 Å². The second kappa shape index (κ2) is 16.4. The maximum Gasteiger partial charge on any atom is 0.407 e. The molecule has 1 atom stereocenters. The number of amides is 3. The average molecular weight is 584 g/mol. The summed E-state index contributed by atoms with van der Waals surface area (Å²) in [7, 11) is -2.23. The van der Waals surface area contributed by atoms with Gasteiger partial charge < -0.3 is 29.6 Å². The molecule has 0 spiro atoms. The van der Waals surface area contributed by atoms with Crippen LogP contribution in [0.15, 0.2) is 35.8 Å². The molecule has 0 heterocycles. The van der Waals surface area contributed by atoms with Crippen LogP contribution in [0.2, 0.25) is 18.1 Å². The van der Waals surface area contributed by atoms with Gasteiger partial charge in [0.25, 0.3) is 0 Å². The predicted molar refractivity (Wildman–Crippen MR) is 161 cm³/mol. The van der Waals surface area contributed by atoms with Crippen LogP contribution in [-0.2, 0) is 23.6 Å². The number of carbonyl (C=O) groups excluding carboxylic acids is 3. The minimum Gasteiger partial charge on any atom is -0.496 e. The maximum atomic E-state index is 13.0. The number of hydrogen-bond acceptors (Lipinski definition) is 8. The summed E-state index contributed by atoms with van der Waals surface area (Å²) < 4.78 is 16.9. The number of allylic oxidation sites excluding steroid dienone is 1. The number of alkyl carbamates (subject to hydrolysis) is 1. The Labute approximate surface area is 242 Å². The Balaban J connectivity index is 5.61. The molecule has 0 aliphatic heterocycles. The van der Waals surface area contributed by atoms with Gasteiger partial charge >= 0.3 is 6.09 Å². The van der Waals surface area contributed by atoms with Crippen molar-refractivity contribution in [3.05, 3.63) is 35.8 Å². The van der Waals surface area contributed by atoms with Crippen molar-refractivity contribution in [3.63, 3.8) is 0 Å². The van der Waals surface area contributed by atoms with Crippen molar-refractivity contribution in [2.75, 3.05) is 19.7 Å². The molecule has 0 aromatic rings. The third-order valence-electron chi connectivity index (χ3n) is 6.26. The minimum atomic E-state index is -2.23. The highest BCUT2D eigenvalue weighted by molar-refractivity contribution is 6.74. The quantitative estimate of drug-likeness (QED) is 0.0554. The summed E-state index contributed by atoms with van der Waals surface area (Å²) in [6.45, 7) is 25.5. The lowest BCUT2D eigenvalue weighted by Crippen LogP contribution is -2.47. The summed E-state index contributed by atoms with van der Waals surface area (Å²) in [6, 6.07) is -0.435. The van der Waals surface area contributed by atoms with Crippen molar-refractivity contribution < 1.29 is 28.4 Å². The van der Waals surface area contributed by atoms with E-state index in [1.165, 1.54) is 11.9 Å². The first-order valence-electron chi connectivity index (χ1n) is 13.6. The number of carbonyl (C=O) groups is 3. The molecule has 0 saturated heterocycles. The van der Waals surface area contributed by atoms with Crippen LogP contribution in [0.5, 0.6) is 0 Å². The highest BCUT2D eigenvalue weighted by Gasteiger charge is 2.38. The number of nitrogens with one attached hydrogen (secondary N) is 3. The minimum absolute atomic E-state index is 0.0885. The van der Waals surface area contributed by atoms with E-state index in [4.69, 9.17) is 19.8 Å². The molecular weight excluding hydrogens is 530 g/mol. The number of hydroxylamine groups is 1. The topological polar surface area (TPSA) is 144 Å².